The average Bonchev–Trinajstić information content (AvgIpc) is 2.47. The molecule has 0 saturated heterocycles. The average molecular weight is 248 g/mol. The summed E-state index contributed by atoms with van der Waals surface area (Å²) >= 11 is 0. The molecule has 0 spiro atoms. The molecular weight excluding hydrogens is 228 g/mol. The van der Waals surface area contributed by atoms with Gasteiger partial charge in [0.25, 0.3) is 0 Å². The summed E-state index contributed by atoms with van der Waals surface area (Å²) in [7, 11) is 3.54. The fourth-order valence-corrected chi connectivity index (χ4v) is 2.61. The van der Waals surface area contributed by atoms with Gasteiger partial charge < -0.3 is 9.64 Å². The molecule has 1 fully saturated rings. The molecule has 1 aliphatic carbocycles. The fraction of sp³-hybridized carbons (Fsp3) is 0.571. The first kappa shape index (κ1) is 12.9. The zero-order valence-electron chi connectivity index (χ0n) is 11.0. The van der Waals surface area contributed by atoms with Crippen molar-refractivity contribution in [2.45, 2.75) is 31.7 Å². The lowest BCUT2D eigenvalue weighted by Gasteiger charge is -2.34. The predicted molar refractivity (Wildman–Crippen MR) is 70.4 cm³/mol. The van der Waals surface area contributed by atoms with Crippen LogP contribution < -0.4 is 4.90 Å². The maximum absolute atomic E-state index is 11.5. The highest BCUT2D eigenvalue weighted by atomic mass is 16.5. The second-order valence-corrected chi connectivity index (χ2v) is 4.83. The fourth-order valence-electron chi connectivity index (χ4n) is 2.61. The van der Waals surface area contributed by atoms with Crippen molar-refractivity contribution >= 4 is 11.8 Å². The summed E-state index contributed by atoms with van der Waals surface area (Å²) in [5.41, 5.74) is 0. The Morgan fingerprint density at radius 3 is 2.61 bits per heavy atom. The number of aromatic nitrogens is 1. The van der Waals surface area contributed by atoms with Crippen molar-refractivity contribution in [1.82, 2.24) is 4.98 Å². The van der Waals surface area contributed by atoms with Crippen LogP contribution in [0.25, 0.3) is 0 Å². The Kier molecular flexibility index (Phi) is 4.18. The van der Waals surface area contributed by atoms with Crippen LogP contribution in [0.5, 0.6) is 0 Å². The van der Waals surface area contributed by atoms with Crippen LogP contribution in [0.4, 0.5) is 5.82 Å². The maximum Gasteiger partial charge on any atom is 0.308 e. The predicted octanol–water partition coefficient (Wildman–Crippen LogP) is 2.25. The van der Waals surface area contributed by atoms with Gasteiger partial charge in [-0.3, -0.25) is 4.79 Å². The largest absolute Gasteiger partial charge is 0.469 e. The first-order chi connectivity index (χ1) is 8.72. The number of pyridine rings is 1. The molecule has 18 heavy (non-hydrogen) atoms. The number of ether oxygens (including phenoxy) is 1. The van der Waals surface area contributed by atoms with Crippen LogP contribution in [0.3, 0.4) is 0 Å². The minimum atomic E-state index is -0.0612. The second-order valence-electron chi connectivity index (χ2n) is 4.83. The van der Waals surface area contributed by atoms with E-state index in [1.54, 1.807) is 0 Å². The van der Waals surface area contributed by atoms with E-state index in [0.717, 1.165) is 31.5 Å². The normalized spacial score (nSPS) is 23.4. The van der Waals surface area contributed by atoms with Gasteiger partial charge in [0.1, 0.15) is 5.82 Å². The quantitative estimate of drug-likeness (QED) is 0.769. The lowest BCUT2D eigenvalue weighted by atomic mass is 9.85. The lowest BCUT2D eigenvalue weighted by Crippen LogP contribution is -2.37. The van der Waals surface area contributed by atoms with Gasteiger partial charge in [-0.25, -0.2) is 4.98 Å². The molecule has 0 bridgehead atoms. The van der Waals surface area contributed by atoms with Gasteiger partial charge >= 0.3 is 5.97 Å². The summed E-state index contributed by atoms with van der Waals surface area (Å²) < 4.78 is 4.81. The lowest BCUT2D eigenvalue weighted by molar-refractivity contribution is -0.146. The number of esters is 1. The molecule has 1 heterocycles. The number of nitrogens with zero attached hydrogens (tertiary/aromatic N) is 2. The van der Waals surface area contributed by atoms with Crippen LogP contribution in [0, 0.1) is 5.92 Å². The van der Waals surface area contributed by atoms with Gasteiger partial charge in [0, 0.05) is 19.3 Å². The van der Waals surface area contributed by atoms with Crippen LogP contribution in [-0.2, 0) is 9.53 Å². The molecule has 98 valence electrons. The van der Waals surface area contributed by atoms with Crippen molar-refractivity contribution in [3.63, 3.8) is 0 Å². The third kappa shape index (κ3) is 2.81. The Morgan fingerprint density at radius 1 is 1.33 bits per heavy atom. The zero-order chi connectivity index (χ0) is 13.0. The molecule has 0 unspecified atom stereocenters. The summed E-state index contributed by atoms with van der Waals surface area (Å²) in [6.45, 7) is 0. The summed E-state index contributed by atoms with van der Waals surface area (Å²) in [6.07, 6.45) is 5.68. The third-order valence-electron chi connectivity index (χ3n) is 3.79. The van der Waals surface area contributed by atoms with E-state index in [4.69, 9.17) is 4.74 Å². The van der Waals surface area contributed by atoms with Crippen molar-refractivity contribution in [3.8, 4) is 0 Å². The number of rotatable bonds is 3. The Labute approximate surface area is 108 Å². The zero-order valence-corrected chi connectivity index (χ0v) is 11.0. The second kappa shape index (κ2) is 5.85. The maximum atomic E-state index is 11.5. The summed E-state index contributed by atoms with van der Waals surface area (Å²) in [5, 5.41) is 0. The minimum Gasteiger partial charge on any atom is -0.469 e. The Morgan fingerprint density at radius 2 is 2.06 bits per heavy atom. The highest BCUT2D eigenvalue weighted by Gasteiger charge is 2.29. The third-order valence-corrected chi connectivity index (χ3v) is 3.79. The van der Waals surface area contributed by atoms with Crippen molar-refractivity contribution in [2.75, 3.05) is 19.1 Å². The van der Waals surface area contributed by atoms with Crippen molar-refractivity contribution in [3.05, 3.63) is 24.4 Å². The standard InChI is InChI=1S/C14H20N2O2/c1-16(13-5-3-4-10-15-13)12-8-6-11(7-9-12)14(17)18-2/h3-5,10-12H,6-9H2,1-2H3. The van der Waals surface area contributed by atoms with Gasteiger partial charge in [-0.15, -0.1) is 0 Å². The molecule has 1 aromatic heterocycles. The molecule has 1 aliphatic rings. The monoisotopic (exact) mass is 248 g/mol. The molecule has 0 N–H and O–H groups in total. The van der Waals surface area contributed by atoms with Crippen LogP contribution >= 0.6 is 0 Å². The summed E-state index contributed by atoms with van der Waals surface area (Å²) in [6, 6.07) is 6.41. The van der Waals surface area contributed by atoms with E-state index in [9.17, 15) is 4.79 Å². The van der Waals surface area contributed by atoms with Gasteiger partial charge in [-0.2, -0.15) is 0 Å². The number of anilines is 1. The first-order valence-electron chi connectivity index (χ1n) is 6.44. The highest BCUT2D eigenvalue weighted by Crippen LogP contribution is 2.29. The SMILES string of the molecule is COC(=O)C1CCC(N(C)c2ccccn2)CC1. The molecule has 2 rings (SSSR count). The molecule has 0 atom stereocenters. The van der Waals surface area contributed by atoms with E-state index in [1.165, 1.54) is 7.11 Å². The van der Waals surface area contributed by atoms with Gasteiger partial charge in [0.05, 0.1) is 13.0 Å². The van der Waals surface area contributed by atoms with Crippen LogP contribution in [0.1, 0.15) is 25.7 Å². The summed E-state index contributed by atoms with van der Waals surface area (Å²) in [5.74, 6) is 1.02. The molecule has 4 nitrogen and oxygen atoms in total. The molecule has 0 amide bonds. The molecular formula is C14H20N2O2. The number of hydrogen-bond donors (Lipinski definition) is 0. The molecule has 0 aliphatic heterocycles. The van der Waals surface area contributed by atoms with Crippen LogP contribution in [0.2, 0.25) is 0 Å². The van der Waals surface area contributed by atoms with Gasteiger partial charge in [0.15, 0.2) is 0 Å². The topological polar surface area (TPSA) is 42.4 Å². The number of carbonyl (C=O) groups is 1. The molecule has 0 aromatic carbocycles. The summed E-state index contributed by atoms with van der Waals surface area (Å²) in [4.78, 5) is 18.0. The van der Waals surface area contributed by atoms with Gasteiger partial charge in [-0.1, -0.05) is 6.07 Å². The number of hydrogen-bond acceptors (Lipinski definition) is 4. The van der Waals surface area contributed by atoms with Crippen molar-refractivity contribution < 1.29 is 9.53 Å². The molecule has 4 heteroatoms. The Balaban J connectivity index is 1.92. The molecule has 1 aromatic rings. The minimum absolute atomic E-state index is 0.0612. The van der Waals surface area contributed by atoms with E-state index in [1.807, 2.05) is 24.4 Å². The smallest absolute Gasteiger partial charge is 0.308 e. The van der Waals surface area contributed by atoms with Crippen molar-refractivity contribution in [2.24, 2.45) is 5.92 Å². The van der Waals surface area contributed by atoms with E-state index in [-0.39, 0.29) is 11.9 Å². The molecule has 1 saturated carbocycles. The van der Waals surface area contributed by atoms with Crippen LogP contribution in [0.15, 0.2) is 24.4 Å². The van der Waals surface area contributed by atoms with E-state index in [0.29, 0.717) is 6.04 Å². The Hall–Kier alpha value is -1.58. The van der Waals surface area contributed by atoms with Gasteiger partial charge in [0.2, 0.25) is 0 Å². The first-order valence-corrected chi connectivity index (χ1v) is 6.44. The highest BCUT2D eigenvalue weighted by molar-refractivity contribution is 5.72. The van der Waals surface area contributed by atoms with E-state index in [2.05, 4.69) is 16.9 Å². The van der Waals surface area contributed by atoms with E-state index < -0.39 is 0 Å². The van der Waals surface area contributed by atoms with Gasteiger partial charge in [-0.05, 0) is 37.8 Å². The van der Waals surface area contributed by atoms with Crippen molar-refractivity contribution in [1.29, 1.82) is 0 Å². The number of methoxy groups -OCH3 is 1. The van der Waals surface area contributed by atoms with Crippen LogP contribution in [-0.4, -0.2) is 31.2 Å². The number of carbonyl (C=O) groups excluding carboxylic acids is 1. The molecule has 0 radical (unpaired) electrons. The van der Waals surface area contributed by atoms with E-state index >= 15 is 0 Å². The Bertz CT molecular complexity index is 386.